The number of hydrogen-bond acceptors (Lipinski definition) is 3. The molecule has 0 aromatic carbocycles. The number of aromatic nitrogens is 1. The minimum Gasteiger partial charge on any atom is -0.448 e. The molecule has 0 aliphatic rings. The van der Waals surface area contributed by atoms with Crippen molar-refractivity contribution in [3.63, 3.8) is 0 Å². The number of hydrogen-bond donors (Lipinski definition) is 0. The van der Waals surface area contributed by atoms with Gasteiger partial charge in [-0.1, -0.05) is 13.0 Å². The number of rotatable bonds is 5. The van der Waals surface area contributed by atoms with Crippen molar-refractivity contribution in [1.82, 2.24) is 9.88 Å². The zero-order chi connectivity index (χ0) is 13.0. The molecule has 1 atom stereocenters. The summed E-state index contributed by atoms with van der Waals surface area (Å²) in [7, 11) is 2.07. The average molecular weight is 265 g/mol. The third-order valence-corrected chi connectivity index (χ3v) is 3.19. The molecule has 3 nitrogen and oxygen atoms in total. The fourth-order valence-corrected chi connectivity index (χ4v) is 2.27. The van der Waals surface area contributed by atoms with E-state index < -0.39 is 0 Å². The molecule has 0 radical (unpaired) electrons. The lowest BCUT2D eigenvalue weighted by atomic mass is 10.1. The van der Waals surface area contributed by atoms with Gasteiger partial charge in [-0.2, -0.15) is 0 Å². The lowest BCUT2D eigenvalue weighted by Gasteiger charge is -2.25. The van der Waals surface area contributed by atoms with Crippen molar-refractivity contribution in [3.8, 4) is 0 Å². The quantitative estimate of drug-likeness (QED) is 0.820. The van der Waals surface area contributed by atoms with Crippen LogP contribution in [0.1, 0.15) is 30.8 Å². The molecule has 2 rings (SSSR count). The van der Waals surface area contributed by atoms with Crippen LogP contribution in [0.2, 0.25) is 5.22 Å². The van der Waals surface area contributed by atoms with Crippen molar-refractivity contribution in [2.75, 3.05) is 7.05 Å². The average Bonchev–Trinajstić information content (AvgIpc) is 2.77. The van der Waals surface area contributed by atoms with E-state index in [1.807, 2.05) is 24.4 Å². The van der Waals surface area contributed by atoms with Crippen molar-refractivity contribution >= 4 is 11.6 Å². The molecule has 2 heterocycles. The Morgan fingerprint density at radius 1 is 1.33 bits per heavy atom. The van der Waals surface area contributed by atoms with Crippen LogP contribution in [0.5, 0.6) is 0 Å². The normalized spacial score (nSPS) is 12.9. The number of furan rings is 1. The molecular weight excluding hydrogens is 248 g/mol. The van der Waals surface area contributed by atoms with Gasteiger partial charge in [0.25, 0.3) is 0 Å². The Bertz CT molecular complexity index is 484. The Balaban J connectivity index is 2.08. The first-order valence-corrected chi connectivity index (χ1v) is 6.44. The highest BCUT2D eigenvalue weighted by Gasteiger charge is 2.17. The summed E-state index contributed by atoms with van der Waals surface area (Å²) in [5.74, 6) is 0.872. The van der Waals surface area contributed by atoms with Gasteiger partial charge >= 0.3 is 0 Å². The first-order valence-electron chi connectivity index (χ1n) is 6.06. The smallest absolute Gasteiger partial charge is 0.193 e. The SMILES string of the molecule is CCC(c1ccccn1)N(C)Cc1ccc(Cl)o1. The molecule has 0 bridgehead atoms. The second kappa shape index (κ2) is 6.03. The van der Waals surface area contributed by atoms with Crippen LogP contribution >= 0.6 is 11.6 Å². The molecule has 0 aliphatic carbocycles. The molecule has 0 saturated heterocycles. The molecule has 0 aliphatic heterocycles. The van der Waals surface area contributed by atoms with Crippen molar-refractivity contribution in [2.24, 2.45) is 0 Å². The van der Waals surface area contributed by atoms with Gasteiger partial charge in [0.05, 0.1) is 18.3 Å². The summed E-state index contributed by atoms with van der Waals surface area (Å²) in [6.45, 7) is 2.88. The molecule has 2 aromatic heterocycles. The fraction of sp³-hybridized carbons (Fsp3) is 0.357. The number of nitrogens with zero attached hydrogens (tertiary/aromatic N) is 2. The summed E-state index contributed by atoms with van der Waals surface area (Å²) in [5.41, 5.74) is 1.08. The molecule has 96 valence electrons. The Morgan fingerprint density at radius 3 is 2.72 bits per heavy atom. The van der Waals surface area contributed by atoms with E-state index in [2.05, 4.69) is 29.9 Å². The third kappa shape index (κ3) is 3.12. The van der Waals surface area contributed by atoms with Crippen LogP contribution < -0.4 is 0 Å². The molecule has 0 spiro atoms. The number of pyridine rings is 1. The predicted molar refractivity (Wildman–Crippen MR) is 72.5 cm³/mol. The molecule has 0 fully saturated rings. The molecule has 4 heteroatoms. The van der Waals surface area contributed by atoms with Crippen molar-refractivity contribution < 1.29 is 4.42 Å². The minimum atomic E-state index is 0.287. The van der Waals surface area contributed by atoms with E-state index in [-0.39, 0.29) is 6.04 Å². The van der Waals surface area contributed by atoms with Crippen LogP contribution in [0.25, 0.3) is 0 Å². The predicted octanol–water partition coefficient (Wildman–Crippen LogP) is 3.91. The Morgan fingerprint density at radius 2 is 2.17 bits per heavy atom. The zero-order valence-electron chi connectivity index (χ0n) is 10.6. The van der Waals surface area contributed by atoms with Gasteiger partial charge in [0, 0.05) is 6.20 Å². The molecule has 18 heavy (non-hydrogen) atoms. The molecule has 0 saturated carbocycles. The van der Waals surface area contributed by atoms with Gasteiger partial charge < -0.3 is 4.42 Å². The van der Waals surface area contributed by atoms with Crippen LogP contribution in [0.4, 0.5) is 0 Å². The van der Waals surface area contributed by atoms with E-state index in [0.717, 1.165) is 24.4 Å². The summed E-state index contributed by atoms with van der Waals surface area (Å²) in [6.07, 6.45) is 2.83. The lowest BCUT2D eigenvalue weighted by molar-refractivity contribution is 0.209. The van der Waals surface area contributed by atoms with Crippen molar-refractivity contribution in [3.05, 3.63) is 53.2 Å². The number of halogens is 1. The summed E-state index contributed by atoms with van der Waals surface area (Å²) in [5, 5.41) is 0.435. The third-order valence-electron chi connectivity index (χ3n) is 2.98. The maximum atomic E-state index is 5.78. The fourth-order valence-electron chi connectivity index (χ4n) is 2.11. The molecule has 0 N–H and O–H groups in total. The van der Waals surface area contributed by atoms with Crippen LogP contribution in [-0.4, -0.2) is 16.9 Å². The highest BCUT2D eigenvalue weighted by Crippen LogP contribution is 2.23. The summed E-state index contributed by atoms with van der Waals surface area (Å²) < 4.78 is 5.39. The monoisotopic (exact) mass is 264 g/mol. The van der Waals surface area contributed by atoms with Crippen LogP contribution in [0, 0.1) is 0 Å². The van der Waals surface area contributed by atoms with E-state index in [1.165, 1.54) is 0 Å². The first kappa shape index (κ1) is 13.1. The van der Waals surface area contributed by atoms with Crippen molar-refractivity contribution in [2.45, 2.75) is 25.9 Å². The van der Waals surface area contributed by atoms with Crippen LogP contribution in [0.15, 0.2) is 40.9 Å². The van der Waals surface area contributed by atoms with Crippen LogP contribution in [-0.2, 0) is 6.54 Å². The van der Waals surface area contributed by atoms with Crippen molar-refractivity contribution in [1.29, 1.82) is 0 Å². The largest absolute Gasteiger partial charge is 0.448 e. The van der Waals surface area contributed by atoms with Gasteiger partial charge in [-0.15, -0.1) is 0 Å². The van der Waals surface area contributed by atoms with E-state index in [9.17, 15) is 0 Å². The van der Waals surface area contributed by atoms with Crippen LogP contribution in [0.3, 0.4) is 0 Å². The standard InChI is InChI=1S/C14H17ClN2O/c1-3-13(12-6-4-5-9-16-12)17(2)10-11-7-8-14(15)18-11/h4-9,13H,3,10H2,1-2H3. The maximum absolute atomic E-state index is 5.78. The summed E-state index contributed by atoms with van der Waals surface area (Å²) in [4.78, 5) is 6.64. The Labute approximate surface area is 112 Å². The van der Waals surface area contributed by atoms with E-state index in [0.29, 0.717) is 5.22 Å². The zero-order valence-corrected chi connectivity index (χ0v) is 11.4. The second-order valence-corrected chi connectivity index (χ2v) is 4.67. The topological polar surface area (TPSA) is 29.3 Å². The Kier molecular flexibility index (Phi) is 4.39. The molecule has 0 amide bonds. The highest BCUT2D eigenvalue weighted by atomic mass is 35.5. The first-order chi connectivity index (χ1) is 8.70. The van der Waals surface area contributed by atoms with Gasteiger partial charge in [0.1, 0.15) is 5.76 Å². The molecular formula is C14H17ClN2O. The Hall–Kier alpha value is -1.32. The summed E-state index contributed by atoms with van der Waals surface area (Å²) >= 11 is 5.78. The molecule has 2 aromatic rings. The summed E-state index contributed by atoms with van der Waals surface area (Å²) in [6, 6.07) is 9.97. The van der Waals surface area contributed by atoms with Gasteiger partial charge in [0.2, 0.25) is 0 Å². The highest BCUT2D eigenvalue weighted by molar-refractivity contribution is 6.28. The van der Waals surface area contributed by atoms with Gasteiger partial charge in [-0.05, 0) is 49.3 Å². The maximum Gasteiger partial charge on any atom is 0.193 e. The minimum absolute atomic E-state index is 0.287. The van der Waals surface area contributed by atoms with E-state index >= 15 is 0 Å². The van der Waals surface area contributed by atoms with Gasteiger partial charge in [0.15, 0.2) is 5.22 Å². The van der Waals surface area contributed by atoms with E-state index in [1.54, 1.807) is 6.07 Å². The molecule has 1 unspecified atom stereocenters. The lowest BCUT2D eigenvalue weighted by Crippen LogP contribution is -2.24. The second-order valence-electron chi connectivity index (χ2n) is 4.30. The van der Waals surface area contributed by atoms with E-state index in [4.69, 9.17) is 16.0 Å². The van der Waals surface area contributed by atoms with Gasteiger partial charge in [-0.3, -0.25) is 9.88 Å². The van der Waals surface area contributed by atoms with Gasteiger partial charge in [-0.25, -0.2) is 0 Å².